The van der Waals surface area contributed by atoms with Gasteiger partial charge in [0.25, 0.3) is 5.91 Å². The van der Waals surface area contributed by atoms with Crippen LogP contribution in [-0.2, 0) is 4.79 Å². The normalized spacial score (nSPS) is 25.2. The Labute approximate surface area is 236 Å². The quantitative estimate of drug-likeness (QED) is 0.476. The van der Waals surface area contributed by atoms with E-state index in [0.29, 0.717) is 43.8 Å². The van der Waals surface area contributed by atoms with Crippen molar-refractivity contribution in [2.75, 3.05) is 13.2 Å². The van der Waals surface area contributed by atoms with Gasteiger partial charge in [-0.15, -0.1) is 0 Å². The van der Waals surface area contributed by atoms with Crippen LogP contribution in [0, 0.1) is 0 Å². The third-order valence-electron chi connectivity index (χ3n) is 7.78. The topological polar surface area (TPSA) is 115 Å². The van der Waals surface area contributed by atoms with Gasteiger partial charge in [0.2, 0.25) is 5.91 Å². The largest absolute Gasteiger partial charge is 0.494 e. The predicted molar refractivity (Wildman–Crippen MR) is 153 cm³/mol. The van der Waals surface area contributed by atoms with Gasteiger partial charge in [-0.05, 0) is 69.5 Å². The van der Waals surface area contributed by atoms with E-state index in [2.05, 4.69) is 10.3 Å². The van der Waals surface area contributed by atoms with E-state index in [1.54, 1.807) is 17.0 Å². The molecule has 214 valence electrons. The highest BCUT2D eigenvalue weighted by atomic mass is 16.5. The van der Waals surface area contributed by atoms with E-state index in [1.165, 1.54) is 0 Å². The van der Waals surface area contributed by atoms with E-state index >= 15 is 0 Å². The van der Waals surface area contributed by atoms with Crippen LogP contribution in [0.3, 0.4) is 0 Å². The predicted octanol–water partition coefficient (Wildman–Crippen LogP) is 5.05. The van der Waals surface area contributed by atoms with Crippen molar-refractivity contribution in [2.24, 2.45) is 10.7 Å². The number of nitrogens with two attached hydrogens (primary N) is 1. The smallest absolute Gasteiger partial charge is 0.251 e. The lowest BCUT2D eigenvalue weighted by molar-refractivity contribution is -0.130. The van der Waals surface area contributed by atoms with Crippen molar-refractivity contribution < 1.29 is 23.8 Å². The van der Waals surface area contributed by atoms with Crippen LogP contribution >= 0.6 is 0 Å². The van der Waals surface area contributed by atoms with E-state index in [0.717, 1.165) is 41.9 Å². The summed E-state index contributed by atoms with van der Waals surface area (Å²) in [5.41, 5.74) is 8.10. The molecule has 9 nitrogen and oxygen atoms in total. The van der Waals surface area contributed by atoms with Gasteiger partial charge in [-0.2, -0.15) is 0 Å². The Morgan fingerprint density at radius 3 is 2.58 bits per heavy atom. The second-order valence-corrected chi connectivity index (χ2v) is 11.2. The SMILES string of the molecule is CC.CC1(C)CC2NC(=O)c3ccc4c(c3)[C@@H](CCO4)N3C(=O)CC(CCCCOc4ccc(c2c4)O1)N=C3N. The first-order chi connectivity index (χ1) is 19.3. The van der Waals surface area contributed by atoms with Crippen LogP contribution in [0.4, 0.5) is 0 Å². The van der Waals surface area contributed by atoms with Gasteiger partial charge in [0, 0.05) is 36.0 Å². The molecule has 0 aliphatic carbocycles. The van der Waals surface area contributed by atoms with Gasteiger partial charge in [-0.3, -0.25) is 14.5 Å². The Morgan fingerprint density at radius 2 is 1.77 bits per heavy atom. The molecular formula is C31H40N4O5. The van der Waals surface area contributed by atoms with Gasteiger partial charge in [-0.25, -0.2) is 4.99 Å². The molecule has 3 atom stereocenters. The zero-order valence-electron chi connectivity index (χ0n) is 23.9. The van der Waals surface area contributed by atoms with Crippen molar-refractivity contribution in [3.05, 3.63) is 53.1 Å². The van der Waals surface area contributed by atoms with Gasteiger partial charge >= 0.3 is 0 Å². The van der Waals surface area contributed by atoms with Crippen LogP contribution in [0.5, 0.6) is 17.2 Å². The Balaban J connectivity index is 0.00000158. The molecule has 6 bridgehead atoms. The molecule has 0 aromatic heterocycles. The Morgan fingerprint density at radius 1 is 0.975 bits per heavy atom. The number of hydrogen-bond acceptors (Lipinski definition) is 7. The zero-order chi connectivity index (χ0) is 28.4. The number of ether oxygens (including phenoxy) is 3. The van der Waals surface area contributed by atoms with Crippen LogP contribution in [0.25, 0.3) is 0 Å². The van der Waals surface area contributed by atoms with E-state index in [9.17, 15) is 9.59 Å². The van der Waals surface area contributed by atoms with Crippen molar-refractivity contribution in [1.82, 2.24) is 10.2 Å². The van der Waals surface area contributed by atoms with Crippen LogP contribution in [-0.4, -0.2) is 47.5 Å². The third-order valence-corrected chi connectivity index (χ3v) is 7.78. The van der Waals surface area contributed by atoms with Crippen LogP contribution in [0.1, 0.15) is 99.8 Å². The van der Waals surface area contributed by atoms with Crippen molar-refractivity contribution in [2.45, 2.75) is 89.9 Å². The first-order valence-corrected chi connectivity index (χ1v) is 14.5. The lowest BCUT2D eigenvalue weighted by Gasteiger charge is -2.38. The lowest BCUT2D eigenvalue weighted by atomic mass is 9.89. The molecule has 2 amide bonds. The number of carbonyl (C=O) groups is 2. The molecule has 0 saturated heterocycles. The van der Waals surface area contributed by atoms with Crippen molar-refractivity contribution in [1.29, 1.82) is 0 Å². The minimum absolute atomic E-state index is 0.0441. The number of guanidine groups is 1. The van der Waals surface area contributed by atoms with E-state index < -0.39 is 5.60 Å². The Bertz CT molecular complexity index is 1310. The summed E-state index contributed by atoms with van der Waals surface area (Å²) in [6.45, 7) is 9.05. The zero-order valence-corrected chi connectivity index (χ0v) is 23.9. The van der Waals surface area contributed by atoms with E-state index in [4.69, 9.17) is 19.9 Å². The number of aliphatic imine (C=N–C) groups is 1. The highest BCUT2D eigenvalue weighted by Crippen LogP contribution is 2.42. The Kier molecular flexibility index (Phi) is 7.92. The van der Waals surface area contributed by atoms with Crippen LogP contribution < -0.4 is 25.3 Å². The lowest BCUT2D eigenvalue weighted by Crippen LogP contribution is -2.50. The number of hydrogen-bond donors (Lipinski definition) is 2. The Hall–Kier alpha value is -3.75. The molecule has 7 rings (SSSR count). The first-order valence-electron chi connectivity index (χ1n) is 14.5. The van der Waals surface area contributed by atoms with Crippen LogP contribution in [0.2, 0.25) is 0 Å². The second-order valence-electron chi connectivity index (χ2n) is 11.2. The molecule has 3 N–H and O–H groups in total. The van der Waals surface area contributed by atoms with Gasteiger partial charge in [0.1, 0.15) is 22.8 Å². The van der Waals surface area contributed by atoms with E-state index in [-0.39, 0.29) is 35.9 Å². The summed E-state index contributed by atoms with van der Waals surface area (Å²) in [6.07, 6.45) is 3.98. The average Bonchev–Trinajstić information content (AvgIpc) is 2.93. The molecule has 40 heavy (non-hydrogen) atoms. The summed E-state index contributed by atoms with van der Waals surface area (Å²) < 4.78 is 18.2. The molecule has 5 heterocycles. The summed E-state index contributed by atoms with van der Waals surface area (Å²) in [5, 5.41) is 3.22. The molecule has 0 saturated carbocycles. The van der Waals surface area contributed by atoms with Crippen molar-refractivity contribution in [3.8, 4) is 17.2 Å². The number of fused-ring (bicyclic) bond motifs is 6. The number of amides is 2. The molecule has 0 fully saturated rings. The monoisotopic (exact) mass is 548 g/mol. The highest BCUT2D eigenvalue weighted by molar-refractivity contribution is 5.99. The first kappa shape index (κ1) is 27.8. The standard InChI is InChI=1S/C29H34N4O5.C2H6/c1-29(2)16-22-20-15-19(7-9-25(20)38-29)36-11-4-3-5-18-14-26(34)33(28(30)31-18)23-10-12-37-24-8-6-17(13-21(23)24)27(35)32-22;1-2/h6-9,13,15,18,22-23H,3-5,10-12,14,16H2,1-2H3,(H2,30,31)(H,32,35);1-2H3/t18?,22?,23-;/m1./s1. The van der Waals surface area contributed by atoms with Gasteiger partial charge < -0.3 is 25.3 Å². The fourth-order valence-electron chi connectivity index (χ4n) is 5.97. The second kappa shape index (κ2) is 11.4. The van der Waals surface area contributed by atoms with Crippen molar-refractivity contribution in [3.63, 3.8) is 0 Å². The number of rotatable bonds is 0. The molecule has 9 heteroatoms. The van der Waals surface area contributed by atoms with Gasteiger partial charge in [-0.1, -0.05) is 13.8 Å². The summed E-state index contributed by atoms with van der Waals surface area (Å²) in [6, 6.07) is 10.5. The number of benzene rings is 2. The average molecular weight is 549 g/mol. The molecule has 2 aromatic rings. The summed E-state index contributed by atoms with van der Waals surface area (Å²) >= 11 is 0. The van der Waals surface area contributed by atoms with Gasteiger partial charge in [0.05, 0.1) is 31.3 Å². The number of nitrogens with one attached hydrogen (secondary N) is 1. The van der Waals surface area contributed by atoms with E-state index in [1.807, 2.05) is 52.0 Å². The number of carbonyl (C=O) groups excluding carboxylic acids is 2. The van der Waals surface area contributed by atoms with Crippen molar-refractivity contribution >= 4 is 17.8 Å². The molecule has 0 spiro atoms. The highest BCUT2D eigenvalue weighted by Gasteiger charge is 2.38. The maximum atomic E-state index is 13.6. The van der Waals surface area contributed by atoms with Crippen LogP contribution in [0.15, 0.2) is 41.4 Å². The number of nitrogens with zero attached hydrogens (tertiary/aromatic N) is 2. The summed E-state index contributed by atoms with van der Waals surface area (Å²) in [4.78, 5) is 33.1. The summed E-state index contributed by atoms with van der Waals surface area (Å²) in [7, 11) is 0. The van der Waals surface area contributed by atoms with Gasteiger partial charge in [0.15, 0.2) is 5.96 Å². The molecule has 5 aliphatic heterocycles. The molecule has 2 unspecified atom stereocenters. The molecule has 2 aromatic carbocycles. The minimum atomic E-state index is -0.444. The minimum Gasteiger partial charge on any atom is -0.494 e. The maximum Gasteiger partial charge on any atom is 0.251 e. The third kappa shape index (κ3) is 5.60. The maximum absolute atomic E-state index is 13.6. The fraction of sp³-hybridized carbons (Fsp3) is 0.516. The molecular weight excluding hydrogens is 508 g/mol. The molecule has 0 radical (unpaired) electrons. The fourth-order valence-corrected chi connectivity index (χ4v) is 5.97. The molecule has 5 aliphatic rings. The summed E-state index contributed by atoms with van der Waals surface area (Å²) in [5.74, 6) is 2.13.